The lowest BCUT2D eigenvalue weighted by molar-refractivity contribution is -0.154. The second kappa shape index (κ2) is 7.45. The third-order valence-electron chi connectivity index (χ3n) is 1.66. The standard InChI is InChI=1S/C9H16F3NO3/c1-2-4-16-5-3-13(6-8(14)15)7-9(10,11)12/h2-7H2,1H3,(H,14,15). The number of hydrogen-bond donors (Lipinski definition) is 1. The van der Waals surface area contributed by atoms with Gasteiger partial charge in [-0.3, -0.25) is 9.69 Å². The zero-order valence-electron chi connectivity index (χ0n) is 9.09. The average molecular weight is 243 g/mol. The van der Waals surface area contributed by atoms with E-state index in [0.717, 1.165) is 11.3 Å². The van der Waals surface area contributed by atoms with Gasteiger partial charge >= 0.3 is 12.1 Å². The number of carboxylic acids is 1. The van der Waals surface area contributed by atoms with Gasteiger partial charge in [0.15, 0.2) is 0 Å². The van der Waals surface area contributed by atoms with E-state index in [4.69, 9.17) is 9.84 Å². The van der Waals surface area contributed by atoms with Crippen molar-refractivity contribution < 1.29 is 27.8 Å². The largest absolute Gasteiger partial charge is 0.480 e. The fraction of sp³-hybridized carbons (Fsp3) is 0.889. The summed E-state index contributed by atoms with van der Waals surface area (Å²) in [4.78, 5) is 11.1. The van der Waals surface area contributed by atoms with Crippen LogP contribution in [0.25, 0.3) is 0 Å². The SMILES string of the molecule is CCCOCCN(CC(=O)O)CC(F)(F)F. The maximum Gasteiger partial charge on any atom is 0.401 e. The smallest absolute Gasteiger partial charge is 0.401 e. The predicted molar refractivity (Wildman–Crippen MR) is 51.2 cm³/mol. The second-order valence-corrected chi connectivity index (χ2v) is 3.33. The Bertz CT molecular complexity index is 209. The summed E-state index contributed by atoms with van der Waals surface area (Å²) in [7, 11) is 0. The molecule has 1 N–H and O–H groups in total. The van der Waals surface area contributed by atoms with Crippen LogP contribution in [0.3, 0.4) is 0 Å². The molecule has 0 amide bonds. The number of alkyl halides is 3. The van der Waals surface area contributed by atoms with E-state index in [-0.39, 0.29) is 13.2 Å². The number of hydrogen-bond acceptors (Lipinski definition) is 3. The van der Waals surface area contributed by atoms with Gasteiger partial charge in [-0.2, -0.15) is 13.2 Å². The quantitative estimate of drug-likeness (QED) is 0.654. The zero-order chi connectivity index (χ0) is 12.6. The molecule has 0 spiro atoms. The minimum absolute atomic E-state index is 0.0359. The van der Waals surface area contributed by atoms with E-state index in [2.05, 4.69) is 0 Å². The monoisotopic (exact) mass is 243 g/mol. The molecule has 0 unspecified atom stereocenters. The van der Waals surface area contributed by atoms with E-state index in [1.807, 2.05) is 6.92 Å². The summed E-state index contributed by atoms with van der Waals surface area (Å²) in [6.45, 7) is 0.560. The van der Waals surface area contributed by atoms with Gasteiger partial charge in [0.1, 0.15) is 0 Å². The van der Waals surface area contributed by atoms with Gasteiger partial charge in [-0.05, 0) is 6.42 Å². The lowest BCUT2D eigenvalue weighted by Crippen LogP contribution is -2.39. The first-order chi connectivity index (χ1) is 7.35. The molecule has 4 nitrogen and oxygen atoms in total. The predicted octanol–water partition coefficient (Wildman–Crippen LogP) is 1.36. The number of aliphatic carboxylic acids is 1. The molecule has 0 fully saturated rings. The fourth-order valence-electron chi connectivity index (χ4n) is 1.10. The molecule has 0 heterocycles. The summed E-state index contributed by atoms with van der Waals surface area (Å²) in [5.74, 6) is -1.28. The van der Waals surface area contributed by atoms with Crippen LogP contribution in [0.2, 0.25) is 0 Å². The molecular formula is C9H16F3NO3. The molecule has 0 rings (SSSR count). The van der Waals surface area contributed by atoms with E-state index in [1.54, 1.807) is 0 Å². The first kappa shape index (κ1) is 15.2. The van der Waals surface area contributed by atoms with E-state index in [1.165, 1.54) is 0 Å². The maximum atomic E-state index is 12.1. The zero-order valence-corrected chi connectivity index (χ0v) is 9.09. The van der Waals surface area contributed by atoms with Crippen LogP contribution in [-0.2, 0) is 9.53 Å². The van der Waals surface area contributed by atoms with Crippen LogP contribution in [0.1, 0.15) is 13.3 Å². The van der Waals surface area contributed by atoms with E-state index in [9.17, 15) is 18.0 Å². The average Bonchev–Trinajstić information content (AvgIpc) is 2.08. The lowest BCUT2D eigenvalue weighted by Gasteiger charge is -2.21. The number of nitrogens with zero attached hydrogens (tertiary/aromatic N) is 1. The van der Waals surface area contributed by atoms with Crippen molar-refractivity contribution in [3.8, 4) is 0 Å². The molecule has 0 bridgehead atoms. The molecule has 0 aromatic heterocycles. The van der Waals surface area contributed by atoms with E-state index < -0.39 is 25.2 Å². The summed E-state index contributed by atoms with van der Waals surface area (Å²) in [6.07, 6.45) is -3.61. The summed E-state index contributed by atoms with van der Waals surface area (Å²) in [6, 6.07) is 0. The van der Waals surface area contributed by atoms with Gasteiger partial charge in [-0.15, -0.1) is 0 Å². The molecule has 7 heteroatoms. The Hall–Kier alpha value is -0.820. The Morgan fingerprint density at radius 2 is 2.00 bits per heavy atom. The number of rotatable bonds is 8. The second-order valence-electron chi connectivity index (χ2n) is 3.33. The van der Waals surface area contributed by atoms with Crippen LogP contribution < -0.4 is 0 Å². The van der Waals surface area contributed by atoms with Gasteiger partial charge < -0.3 is 9.84 Å². The number of carbonyl (C=O) groups is 1. The molecule has 16 heavy (non-hydrogen) atoms. The molecule has 0 saturated carbocycles. The molecule has 0 aromatic rings. The van der Waals surface area contributed by atoms with Crippen LogP contribution in [0.4, 0.5) is 13.2 Å². The fourth-order valence-corrected chi connectivity index (χ4v) is 1.10. The van der Waals surface area contributed by atoms with Crippen LogP contribution in [0.15, 0.2) is 0 Å². The summed E-state index contributed by atoms with van der Waals surface area (Å²) in [5, 5.41) is 8.43. The normalized spacial score (nSPS) is 12.1. The van der Waals surface area contributed by atoms with Gasteiger partial charge in [0.25, 0.3) is 0 Å². The van der Waals surface area contributed by atoms with Crippen LogP contribution >= 0.6 is 0 Å². The van der Waals surface area contributed by atoms with E-state index >= 15 is 0 Å². The van der Waals surface area contributed by atoms with Gasteiger partial charge in [-0.1, -0.05) is 6.92 Å². The molecule has 0 aromatic carbocycles. The molecule has 0 saturated heterocycles. The third-order valence-corrected chi connectivity index (χ3v) is 1.66. The molecule has 96 valence electrons. The van der Waals surface area contributed by atoms with Crippen LogP contribution in [-0.4, -0.2) is 55.0 Å². The van der Waals surface area contributed by atoms with Crippen molar-refractivity contribution in [2.75, 3.05) is 32.8 Å². The highest BCUT2D eigenvalue weighted by Crippen LogP contribution is 2.16. The highest BCUT2D eigenvalue weighted by molar-refractivity contribution is 5.69. The number of ether oxygens (including phenoxy) is 1. The Balaban J connectivity index is 3.96. The first-order valence-electron chi connectivity index (χ1n) is 4.93. The van der Waals surface area contributed by atoms with Gasteiger partial charge in [-0.25, -0.2) is 0 Å². The van der Waals surface area contributed by atoms with E-state index in [0.29, 0.717) is 6.61 Å². The van der Waals surface area contributed by atoms with Crippen molar-refractivity contribution >= 4 is 5.97 Å². The Kier molecular flexibility index (Phi) is 7.07. The number of carboxylic acid groups (broad SMARTS) is 1. The highest BCUT2D eigenvalue weighted by Gasteiger charge is 2.31. The van der Waals surface area contributed by atoms with Crippen molar-refractivity contribution in [1.82, 2.24) is 4.90 Å². The summed E-state index contributed by atoms with van der Waals surface area (Å²) >= 11 is 0. The molecule has 0 radical (unpaired) electrons. The van der Waals surface area contributed by atoms with Crippen molar-refractivity contribution in [3.63, 3.8) is 0 Å². The molecule has 0 aliphatic carbocycles. The number of halogens is 3. The molecular weight excluding hydrogens is 227 g/mol. The van der Waals surface area contributed by atoms with Crippen LogP contribution in [0.5, 0.6) is 0 Å². The lowest BCUT2D eigenvalue weighted by atomic mass is 10.4. The van der Waals surface area contributed by atoms with Crippen molar-refractivity contribution in [2.24, 2.45) is 0 Å². The van der Waals surface area contributed by atoms with Gasteiger partial charge in [0.05, 0.1) is 19.7 Å². The summed E-state index contributed by atoms with van der Waals surface area (Å²) in [5.41, 5.74) is 0. The minimum atomic E-state index is -4.39. The maximum absolute atomic E-state index is 12.1. The summed E-state index contributed by atoms with van der Waals surface area (Å²) < 4.78 is 41.2. The minimum Gasteiger partial charge on any atom is -0.480 e. The molecule has 0 atom stereocenters. The highest BCUT2D eigenvalue weighted by atomic mass is 19.4. The first-order valence-corrected chi connectivity index (χ1v) is 4.93. The Morgan fingerprint density at radius 3 is 2.44 bits per heavy atom. The van der Waals surface area contributed by atoms with Crippen molar-refractivity contribution in [2.45, 2.75) is 19.5 Å². The molecule has 0 aliphatic rings. The topological polar surface area (TPSA) is 49.8 Å². The van der Waals surface area contributed by atoms with Crippen LogP contribution in [0, 0.1) is 0 Å². The van der Waals surface area contributed by atoms with Crippen molar-refractivity contribution in [3.05, 3.63) is 0 Å². The van der Waals surface area contributed by atoms with Gasteiger partial charge in [0, 0.05) is 13.2 Å². The Labute approximate surface area is 92.0 Å². The Morgan fingerprint density at radius 1 is 1.38 bits per heavy atom. The molecule has 0 aliphatic heterocycles. The van der Waals surface area contributed by atoms with Crippen molar-refractivity contribution in [1.29, 1.82) is 0 Å². The van der Waals surface area contributed by atoms with Gasteiger partial charge in [0.2, 0.25) is 0 Å². The third kappa shape index (κ3) is 9.72.